The SMILES string of the molecule is O=C(COc1ccccc1)c1cccc(Cl)c1. The molecule has 2 nitrogen and oxygen atoms in total. The van der Waals surface area contributed by atoms with Crippen LogP contribution in [0.4, 0.5) is 0 Å². The molecule has 3 heteroatoms. The van der Waals surface area contributed by atoms with Crippen LogP contribution in [0.1, 0.15) is 10.4 Å². The lowest BCUT2D eigenvalue weighted by molar-refractivity contribution is 0.0921. The van der Waals surface area contributed by atoms with Crippen LogP contribution in [0.2, 0.25) is 5.02 Å². The minimum absolute atomic E-state index is 0.0182. The molecule has 2 aromatic carbocycles. The monoisotopic (exact) mass is 246 g/mol. The molecule has 0 bridgehead atoms. The highest BCUT2D eigenvalue weighted by atomic mass is 35.5. The number of benzene rings is 2. The Bertz CT molecular complexity index is 509. The van der Waals surface area contributed by atoms with Gasteiger partial charge in [-0.1, -0.05) is 41.9 Å². The predicted molar refractivity (Wildman–Crippen MR) is 67.7 cm³/mol. The van der Waals surface area contributed by atoms with Crippen LogP contribution in [-0.4, -0.2) is 12.4 Å². The maximum absolute atomic E-state index is 11.8. The number of halogens is 1. The lowest BCUT2D eigenvalue weighted by atomic mass is 10.1. The second kappa shape index (κ2) is 5.51. The van der Waals surface area contributed by atoms with Gasteiger partial charge in [0.25, 0.3) is 0 Å². The van der Waals surface area contributed by atoms with Gasteiger partial charge >= 0.3 is 0 Å². The average Bonchev–Trinajstić information content (AvgIpc) is 2.37. The van der Waals surface area contributed by atoms with Crippen LogP contribution in [0.5, 0.6) is 5.75 Å². The molecule has 0 N–H and O–H groups in total. The van der Waals surface area contributed by atoms with Gasteiger partial charge in [-0.3, -0.25) is 4.79 Å². The molecule has 0 aliphatic heterocycles. The highest BCUT2D eigenvalue weighted by molar-refractivity contribution is 6.31. The summed E-state index contributed by atoms with van der Waals surface area (Å²) in [5, 5.41) is 0.551. The Morgan fingerprint density at radius 1 is 1.06 bits per heavy atom. The van der Waals surface area contributed by atoms with Crippen molar-refractivity contribution in [1.29, 1.82) is 0 Å². The van der Waals surface area contributed by atoms with Crippen LogP contribution in [0, 0.1) is 0 Å². The van der Waals surface area contributed by atoms with E-state index in [1.807, 2.05) is 30.3 Å². The Kier molecular flexibility index (Phi) is 3.78. The van der Waals surface area contributed by atoms with Crippen molar-refractivity contribution in [3.8, 4) is 5.75 Å². The molecule has 0 unspecified atom stereocenters. The summed E-state index contributed by atoms with van der Waals surface area (Å²) in [6.07, 6.45) is 0. The van der Waals surface area contributed by atoms with Crippen molar-refractivity contribution in [2.24, 2.45) is 0 Å². The average molecular weight is 247 g/mol. The molecule has 17 heavy (non-hydrogen) atoms. The normalized spacial score (nSPS) is 9.94. The first-order valence-corrected chi connectivity index (χ1v) is 5.60. The number of Topliss-reactive ketones (excluding diaryl/α,β-unsaturated/α-hetero) is 1. The van der Waals surface area contributed by atoms with E-state index in [-0.39, 0.29) is 12.4 Å². The van der Waals surface area contributed by atoms with Crippen LogP contribution in [0.25, 0.3) is 0 Å². The highest BCUT2D eigenvalue weighted by Crippen LogP contribution is 2.13. The maximum Gasteiger partial charge on any atom is 0.200 e. The van der Waals surface area contributed by atoms with Crippen LogP contribution < -0.4 is 4.74 Å². The van der Waals surface area contributed by atoms with Gasteiger partial charge in [-0.05, 0) is 24.3 Å². The number of ketones is 1. The summed E-state index contributed by atoms with van der Waals surface area (Å²) in [6.45, 7) is 0.0182. The van der Waals surface area contributed by atoms with E-state index in [1.54, 1.807) is 24.3 Å². The van der Waals surface area contributed by atoms with Crippen molar-refractivity contribution in [2.45, 2.75) is 0 Å². The largest absolute Gasteiger partial charge is 0.485 e. The minimum atomic E-state index is -0.0867. The quantitative estimate of drug-likeness (QED) is 0.771. The molecular weight excluding hydrogens is 236 g/mol. The summed E-state index contributed by atoms with van der Waals surface area (Å²) >= 11 is 5.81. The topological polar surface area (TPSA) is 26.3 Å². The van der Waals surface area contributed by atoms with Gasteiger partial charge in [0.2, 0.25) is 0 Å². The summed E-state index contributed by atoms with van der Waals surface area (Å²) in [7, 11) is 0. The standard InChI is InChI=1S/C14H11ClO2/c15-12-6-4-5-11(9-12)14(16)10-17-13-7-2-1-3-8-13/h1-9H,10H2. The van der Waals surface area contributed by atoms with Gasteiger partial charge in [0, 0.05) is 10.6 Å². The summed E-state index contributed by atoms with van der Waals surface area (Å²) in [5.41, 5.74) is 0.563. The highest BCUT2D eigenvalue weighted by Gasteiger charge is 2.06. The first kappa shape index (κ1) is 11.7. The molecule has 0 radical (unpaired) electrons. The summed E-state index contributed by atoms with van der Waals surface area (Å²) in [6, 6.07) is 16.1. The van der Waals surface area contributed by atoms with Gasteiger partial charge in [0.05, 0.1) is 0 Å². The third-order valence-corrected chi connectivity index (χ3v) is 2.49. The van der Waals surface area contributed by atoms with E-state index in [9.17, 15) is 4.79 Å². The maximum atomic E-state index is 11.8. The third kappa shape index (κ3) is 3.33. The molecule has 0 heterocycles. The van der Waals surface area contributed by atoms with E-state index in [2.05, 4.69) is 0 Å². The van der Waals surface area contributed by atoms with Crippen molar-refractivity contribution >= 4 is 17.4 Å². The zero-order chi connectivity index (χ0) is 12.1. The van der Waals surface area contributed by atoms with E-state index in [0.717, 1.165) is 0 Å². The fraction of sp³-hybridized carbons (Fsp3) is 0.0714. The zero-order valence-electron chi connectivity index (χ0n) is 9.10. The molecule has 0 amide bonds. The number of carbonyl (C=O) groups excluding carboxylic acids is 1. The van der Waals surface area contributed by atoms with Gasteiger partial charge < -0.3 is 4.74 Å². The van der Waals surface area contributed by atoms with Gasteiger partial charge in [-0.15, -0.1) is 0 Å². The van der Waals surface area contributed by atoms with Crippen LogP contribution >= 0.6 is 11.6 Å². The number of carbonyl (C=O) groups is 1. The smallest absolute Gasteiger partial charge is 0.200 e. The van der Waals surface area contributed by atoms with Crippen molar-refractivity contribution in [2.75, 3.05) is 6.61 Å². The van der Waals surface area contributed by atoms with Gasteiger partial charge in [-0.2, -0.15) is 0 Å². The fourth-order valence-corrected chi connectivity index (χ4v) is 1.60. The van der Waals surface area contributed by atoms with E-state index in [1.165, 1.54) is 0 Å². The number of ether oxygens (including phenoxy) is 1. The molecule has 86 valence electrons. The molecule has 0 spiro atoms. The number of hydrogen-bond donors (Lipinski definition) is 0. The lowest BCUT2D eigenvalue weighted by Crippen LogP contribution is -2.11. The molecule has 2 aromatic rings. The van der Waals surface area contributed by atoms with E-state index < -0.39 is 0 Å². The van der Waals surface area contributed by atoms with E-state index >= 15 is 0 Å². The lowest BCUT2D eigenvalue weighted by Gasteiger charge is -2.05. The summed E-state index contributed by atoms with van der Waals surface area (Å²) < 4.78 is 5.37. The Labute approximate surface area is 105 Å². The Hall–Kier alpha value is -1.80. The molecule has 0 atom stereocenters. The second-order valence-electron chi connectivity index (χ2n) is 3.54. The minimum Gasteiger partial charge on any atom is -0.485 e. The number of hydrogen-bond acceptors (Lipinski definition) is 2. The molecular formula is C14H11ClO2. The van der Waals surface area contributed by atoms with Crippen molar-refractivity contribution in [3.05, 3.63) is 65.2 Å². The second-order valence-corrected chi connectivity index (χ2v) is 3.97. The third-order valence-electron chi connectivity index (χ3n) is 2.26. The molecule has 0 aliphatic carbocycles. The van der Waals surface area contributed by atoms with Gasteiger partial charge in [0.1, 0.15) is 5.75 Å². The van der Waals surface area contributed by atoms with E-state index in [0.29, 0.717) is 16.3 Å². The molecule has 0 saturated heterocycles. The zero-order valence-corrected chi connectivity index (χ0v) is 9.85. The molecule has 2 rings (SSSR count). The molecule has 0 saturated carbocycles. The first-order valence-electron chi connectivity index (χ1n) is 5.22. The molecule has 0 aromatic heterocycles. The Balaban J connectivity index is 1.98. The number of para-hydroxylation sites is 1. The Morgan fingerprint density at radius 2 is 1.82 bits per heavy atom. The van der Waals surface area contributed by atoms with Crippen molar-refractivity contribution < 1.29 is 9.53 Å². The van der Waals surface area contributed by atoms with Gasteiger partial charge in [-0.25, -0.2) is 0 Å². The number of rotatable bonds is 4. The molecule has 0 aliphatic rings. The Morgan fingerprint density at radius 3 is 2.53 bits per heavy atom. The molecule has 0 fully saturated rings. The summed E-state index contributed by atoms with van der Waals surface area (Å²) in [4.78, 5) is 11.8. The first-order chi connectivity index (χ1) is 8.25. The van der Waals surface area contributed by atoms with Gasteiger partial charge in [0.15, 0.2) is 12.4 Å². The fourth-order valence-electron chi connectivity index (χ4n) is 1.41. The van der Waals surface area contributed by atoms with E-state index in [4.69, 9.17) is 16.3 Å². The summed E-state index contributed by atoms with van der Waals surface area (Å²) in [5.74, 6) is 0.597. The van der Waals surface area contributed by atoms with Crippen LogP contribution in [-0.2, 0) is 0 Å². The van der Waals surface area contributed by atoms with Crippen LogP contribution in [0.15, 0.2) is 54.6 Å². The van der Waals surface area contributed by atoms with Crippen molar-refractivity contribution in [3.63, 3.8) is 0 Å². The predicted octanol–water partition coefficient (Wildman–Crippen LogP) is 3.60. The van der Waals surface area contributed by atoms with Crippen LogP contribution in [0.3, 0.4) is 0 Å². The van der Waals surface area contributed by atoms with Crippen molar-refractivity contribution in [1.82, 2.24) is 0 Å².